The van der Waals surface area contributed by atoms with Crippen molar-refractivity contribution < 1.29 is 22.8 Å². The number of hydrogen-bond acceptors (Lipinski definition) is 3. The summed E-state index contributed by atoms with van der Waals surface area (Å²) in [7, 11) is 0. The summed E-state index contributed by atoms with van der Waals surface area (Å²) in [5, 5.41) is 5.10. The smallest absolute Gasteiger partial charge is 0.354 e. The van der Waals surface area contributed by atoms with Gasteiger partial charge in [-0.3, -0.25) is 14.5 Å². The van der Waals surface area contributed by atoms with Crippen LogP contribution in [0.5, 0.6) is 0 Å². The molecule has 1 saturated heterocycles. The molecular formula is C14H16F3N3O2. The van der Waals surface area contributed by atoms with Crippen molar-refractivity contribution >= 4 is 17.5 Å². The van der Waals surface area contributed by atoms with E-state index < -0.39 is 23.7 Å². The molecule has 1 aromatic carbocycles. The number of hydrogen-bond donors (Lipinski definition) is 2. The molecule has 8 heteroatoms. The van der Waals surface area contributed by atoms with E-state index in [0.717, 1.165) is 12.1 Å². The molecule has 1 aliphatic rings. The number of rotatable bonds is 3. The summed E-state index contributed by atoms with van der Waals surface area (Å²) in [5.74, 6) is -0.626. The van der Waals surface area contributed by atoms with Gasteiger partial charge in [0.15, 0.2) is 0 Å². The largest absolute Gasteiger partial charge is 0.416 e. The Bertz CT molecular complexity index is 575. The van der Waals surface area contributed by atoms with Crippen LogP contribution in [-0.2, 0) is 15.8 Å². The Morgan fingerprint density at radius 2 is 2.14 bits per heavy atom. The molecule has 2 N–H and O–H groups in total. The normalized spacial score (nSPS) is 17.7. The lowest BCUT2D eigenvalue weighted by Crippen LogP contribution is -2.53. The average Bonchev–Trinajstić information content (AvgIpc) is 2.46. The van der Waals surface area contributed by atoms with E-state index in [9.17, 15) is 22.8 Å². The molecule has 2 amide bonds. The number of carbonyl (C=O) groups excluding carboxylic acids is 2. The first kappa shape index (κ1) is 16.3. The molecule has 0 spiro atoms. The van der Waals surface area contributed by atoms with E-state index in [2.05, 4.69) is 10.6 Å². The first-order valence-corrected chi connectivity index (χ1v) is 6.76. The minimum Gasteiger partial charge on any atom is -0.354 e. The van der Waals surface area contributed by atoms with Crippen molar-refractivity contribution in [1.82, 2.24) is 10.2 Å². The number of carbonyl (C=O) groups is 2. The van der Waals surface area contributed by atoms with Crippen LogP contribution in [0, 0.1) is 0 Å². The predicted octanol–water partition coefficient (Wildman–Crippen LogP) is 1.46. The number of nitrogens with zero attached hydrogens (tertiary/aromatic N) is 1. The van der Waals surface area contributed by atoms with Crippen molar-refractivity contribution in [2.45, 2.75) is 19.1 Å². The van der Waals surface area contributed by atoms with Gasteiger partial charge in [0.1, 0.15) is 0 Å². The third-order valence-electron chi connectivity index (χ3n) is 3.45. The van der Waals surface area contributed by atoms with Crippen molar-refractivity contribution in [1.29, 1.82) is 0 Å². The van der Waals surface area contributed by atoms with E-state index in [4.69, 9.17) is 0 Å². The van der Waals surface area contributed by atoms with Crippen LogP contribution in [0.15, 0.2) is 24.3 Å². The van der Waals surface area contributed by atoms with Crippen LogP contribution in [-0.4, -0.2) is 42.4 Å². The Kier molecular flexibility index (Phi) is 4.70. The lowest BCUT2D eigenvalue weighted by atomic mass is 10.1. The van der Waals surface area contributed by atoms with Crippen LogP contribution < -0.4 is 10.6 Å². The predicted molar refractivity (Wildman–Crippen MR) is 74.1 cm³/mol. The van der Waals surface area contributed by atoms with Crippen LogP contribution in [0.2, 0.25) is 0 Å². The van der Waals surface area contributed by atoms with E-state index in [1.165, 1.54) is 12.1 Å². The maximum absolute atomic E-state index is 12.6. The van der Waals surface area contributed by atoms with Crippen LogP contribution in [0.4, 0.5) is 18.9 Å². The molecule has 1 aliphatic heterocycles. The van der Waals surface area contributed by atoms with Crippen molar-refractivity contribution in [2.24, 2.45) is 0 Å². The van der Waals surface area contributed by atoms with Gasteiger partial charge in [-0.05, 0) is 25.1 Å². The van der Waals surface area contributed by atoms with Crippen LogP contribution in [0.3, 0.4) is 0 Å². The quantitative estimate of drug-likeness (QED) is 0.888. The summed E-state index contributed by atoms with van der Waals surface area (Å²) in [6, 6.07) is 3.84. The Labute approximate surface area is 125 Å². The van der Waals surface area contributed by atoms with Gasteiger partial charge < -0.3 is 10.6 Å². The van der Waals surface area contributed by atoms with Gasteiger partial charge in [-0.15, -0.1) is 0 Å². The lowest BCUT2D eigenvalue weighted by molar-refractivity contribution is -0.137. The van der Waals surface area contributed by atoms with Gasteiger partial charge in [-0.1, -0.05) is 6.07 Å². The Balaban J connectivity index is 2.03. The number of amides is 2. The molecule has 2 rings (SSSR count). The molecule has 0 aromatic heterocycles. The van der Waals surface area contributed by atoms with Gasteiger partial charge in [-0.2, -0.15) is 13.2 Å². The van der Waals surface area contributed by atoms with E-state index in [-0.39, 0.29) is 18.1 Å². The number of benzene rings is 1. The number of piperazine rings is 1. The molecule has 0 aliphatic carbocycles. The van der Waals surface area contributed by atoms with Gasteiger partial charge >= 0.3 is 6.18 Å². The molecule has 1 unspecified atom stereocenters. The number of alkyl halides is 3. The summed E-state index contributed by atoms with van der Waals surface area (Å²) < 4.78 is 37.9. The molecular weight excluding hydrogens is 299 g/mol. The maximum atomic E-state index is 12.6. The first-order chi connectivity index (χ1) is 10.3. The minimum absolute atomic E-state index is 0.0770. The standard InChI is InChI=1S/C14H16F3N3O2/c1-9(20-6-5-18-12(21)8-20)13(22)19-11-4-2-3-10(7-11)14(15,16)17/h2-4,7,9H,5-6,8H2,1H3,(H,18,21)(H,19,22). The van der Waals surface area contributed by atoms with Gasteiger partial charge in [-0.25, -0.2) is 0 Å². The highest BCUT2D eigenvalue weighted by Gasteiger charge is 2.31. The molecule has 1 aromatic rings. The molecule has 22 heavy (non-hydrogen) atoms. The molecule has 0 radical (unpaired) electrons. The molecule has 5 nitrogen and oxygen atoms in total. The SMILES string of the molecule is CC(C(=O)Nc1cccc(C(F)(F)F)c1)N1CCNC(=O)C1. The van der Waals surface area contributed by atoms with Crippen LogP contribution in [0.1, 0.15) is 12.5 Å². The summed E-state index contributed by atoms with van der Waals surface area (Å²) in [4.78, 5) is 25.1. The minimum atomic E-state index is -4.46. The number of anilines is 1. The second kappa shape index (κ2) is 6.35. The number of halogens is 3. The van der Waals surface area contributed by atoms with Crippen molar-refractivity contribution in [3.8, 4) is 0 Å². The Morgan fingerprint density at radius 3 is 2.77 bits per heavy atom. The van der Waals surface area contributed by atoms with Gasteiger partial charge in [0.25, 0.3) is 0 Å². The van der Waals surface area contributed by atoms with Crippen LogP contribution in [0.25, 0.3) is 0 Å². The Hall–Kier alpha value is -2.09. The van der Waals surface area contributed by atoms with Gasteiger partial charge in [0.2, 0.25) is 11.8 Å². The van der Waals surface area contributed by atoms with Crippen molar-refractivity contribution in [3.63, 3.8) is 0 Å². The van der Waals surface area contributed by atoms with Crippen molar-refractivity contribution in [3.05, 3.63) is 29.8 Å². The number of nitrogens with one attached hydrogen (secondary N) is 2. The summed E-state index contributed by atoms with van der Waals surface area (Å²) >= 11 is 0. The second-order valence-corrected chi connectivity index (χ2v) is 5.06. The fraction of sp³-hybridized carbons (Fsp3) is 0.429. The highest BCUT2D eigenvalue weighted by Crippen LogP contribution is 2.30. The zero-order chi connectivity index (χ0) is 16.3. The third-order valence-corrected chi connectivity index (χ3v) is 3.45. The van der Waals surface area contributed by atoms with Gasteiger partial charge in [0.05, 0.1) is 18.2 Å². The fourth-order valence-electron chi connectivity index (χ4n) is 2.17. The fourth-order valence-corrected chi connectivity index (χ4v) is 2.17. The first-order valence-electron chi connectivity index (χ1n) is 6.76. The third kappa shape index (κ3) is 3.97. The van der Waals surface area contributed by atoms with E-state index in [1.54, 1.807) is 11.8 Å². The van der Waals surface area contributed by atoms with Crippen molar-refractivity contribution in [2.75, 3.05) is 25.0 Å². The second-order valence-electron chi connectivity index (χ2n) is 5.06. The molecule has 1 heterocycles. The average molecular weight is 315 g/mol. The van der Waals surface area contributed by atoms with E-state index in [0.29, 0.717) is 13.1 Å². The Morgan fingerprint density at radius 1 is 1.41 bits per heavy atom. The lowest BCUT2D eigenvalue weighted by Gasteiger charge is -2.31. The summed E-state index contributed by atoms with van der Waals surface area (Å²) in [6.45, 7) is 2.67. The molecule has 0 saturated carbocycles. The zero-order valence-corrected chi connectivity index (χ0v) is 11.9. The zero-order valence-electron chi connectivity index (χ0n) is 11.9. The van der Waals surface area contributed by atoms with E-state index in [1.807, 2.05) is 0 Å². The highest BCUT2D eigenvalue weighted by molar-refractivity contribution is 5.95. The molecule has 0 bridgehead atoms. The van der Waals surface area contributed by atoms with E-state index >= 15 is 0 Å². The van der Waals surface area contributed by atoms with Crippen LogP contribution >= 0.6 is 0 Å². The summed E-state index contributed by atoms with van der Waals surface area (Å²) in [5.41, 5.74) is -0.747. The maximum Gasteiger partial charge on any atom is 0.416 e. The molecule has 120 valence electrons. The van der Waals surface area contributed by atoms with Gasteiger partial charge in [0, 0.05) is 18.8 Å². The summed E-state index contributed by atoms with van der Waals surface area (Å²) in [6.07, 6.45) is -4.46. The highest BCUT2D eigenvalue weighted by atomic mass is 19.4. The molecule has 1 fully saturated rings. The monoisotopic (exact) mass is 315 g/mol. The molecule has 1 atom stereocenters. The topological polar surface area (TPSA) is 61.4 Å².